The van der Waals surface area contributed by atoms with E-state index < -0.39 is 0 Å². The summed E-state index contributed by atoms with van der Waals surface area (Å²) in [6, 6.07) is 21.3. The minimum absolute atomic E-state index is 0.332. The Kier molecular flexibility index (Phi) is 9.07. The molecule has 0 bridgehead atoms. The fourth-order valence-electron chi connectivity index (χ4n) is 7.59. The third kappa shape index (κ3) is 6.23. The van der Waals surface area contributed by atoms with E-state index in [1.54, 1.807) is 0 Å². The molecule has 4 aliphatic rings. The number of amidine groups is 1. The van der Waals surface area contributed by atoms with Gasteiger partial charge in [0.2, 0.25) is 0 Å². The van der Waals surface area contributed by atoms with Crippen LogP contribution in [-0.4, -0.2) is 12.2 Å². The highest BCUT2D eigenvalue weighted by atomic mass is 15.0. The molecule has 3 aromatic carbocycles. The SMILES string of the molecule is C=CC1=C(c2cccc(N)c2C)C(C(N=C(N=CN)c2ccc3c(c2)CCC=C3)c2ccc(C3=CC4C=CCCC4C=C3)cc2)=CCC1. The summed E-state index contributed by atoms with van der Waals surface area (Å²) in [4.78, 5) is 10.2. The number of benzene rings is 3. The number of nitrogens with zero attached hydrogens (tertiary/aromatic N) is 2. The van der Waals surface area contributed by atoms with Gasteiger partial charge in [-0.3, -0.25) is 4.99 Å². The number of allylic oxidation sites excluding steroid dienone is 10. The Bertz CT molecular complexity index is 1980. The van der Waals surface area contributed by atoms with Crippen LogP contribution in [0.4, 0.5) is 5.69 Å². The fourth-order valence-corrected chi connectivity index (χ4v) is 7.59. The molecular formula is C44H44N4. The Morgan fingerprint density at radius 1 is 0.958 bits per heavy atom. The van der Waals surface area contributed by atoms with Crippen molar-refractivity contribution in [3.05, 3.63) is 166 Å². The van der Waals surface area contributed by atoms with Crippen molar-refractivity contribution >= 4 is 35.1 Å². The molecule has 3 unspecified atom stereocenters. The Balaban J connectivity index is 1.36. The smallest absolute Gasteiger partial charge is 0.157 e. The number of rotatable bonds is 7. The molecule has 4 nitrogen and oxygen atoms in total. The van der Waals surface area contributed by atoms with E-state index in [-0.39, 0.29) is 6.04 Å². The van der Waals surface area contributed by atoms with Gasteiger partial charge in [0.15, 0.2) is 5.84 Å². The number of nitrogens with two attached hydrogens (primary N) is 2. The van der Waals surface area contributed by atoms with Gasteiger partial charge in [-0.15, -0.1) is 0 Å². The molecule has 3 atom stereocenters. The van der Waals surface area contributed by atoms with Gasteiger partial charge in [-0.1, -0.05) is 110 Å². The van der Waals surface area contributed by atoms with Crippen LogP contribution in [0.5, 0.6) is 0 Å². The highest BCUT2D eigenvalue weighted by molar-refractivity contribution is 6.03. The summed E-state index contributed by atoms with van der Waals surface area (Å²) in [5.41, 5.74) is 26.0. The van der Waals surface area contributed by atoms with Gasteiger partial charge in [0.25, 0.3) is 0 Å². The minimum Gasteiger partial charge on any atom is -0.398 e. The van der Waals surface area contributed by atoms with Gasteiger partial charge < -0.3 is 11.5 Å². The first kappa shape index (κ1) is 31.4. The van der Waals surface area contributed by atoms with Crippen molar-refractivity contribution in [2.24, 2.45) is 27.6 Å². The van der Waals surface area contributed by atoms with Gasteiger partial charge in [-0.05, 0) is 119 Å². The first-order valence-corrected chi connectivity index (χ1v) is 17.2. The lowest BCUT2D eigenvalue weighted by Crippen LogP contribution is -2.14. The van der Waals surface area contributed by atoms with E-state index in [1.165, 1.54) is 47.0 Å². The topological polar surface area (TPSA) is 76.8 Å². The van der Waals surface area contributed by atoms with Crippen LogP contribution in [0.2, 0.25) is 0 Å². The van der Waals surface area contributed by atoms with Gasteiger partial charge in [-0.2, -0.15) is 0 Å². The van der Waals surface area contributed by atoms with E-state index in [4.69, 9.17) is 16.5 Å². The van der Waals surface area contributed by atoms with Crippen LogP contribution in [0.25, 0.3) is 17.2 Å². The average Bonchev–Trinajstić information content (AvgIpc) is 3.14. The summed E-state index contributed by atoms with van der Waals surface area (Å²) in [7, 11) is 0. The van der Waals surface area contributed by atoms with Crippen LogP contribution in [0.1, 0.15) is 77.1 Å². The number of nitrogen functional groups attached to an aromatic ring is 1. The molecule has 0 aromatic heterocycles. The number of hydrogen-bond donors (Lipinski definition) is 2. The second-order valence-corrected chi connectivity index (χ2v) is 13.2. The Morgan fingerprint density at radius 3 is 2.67 bits per heavy atom. The fraction of sp³-hybridized carbons (Fsp3) is 0.227. The maximum Gasteiger partial charge on any atom is 0.157 e. The van der Waals surface area contributed by atoms with Crippen molar-refractivity contribution < 1.29 is 0 Å². The van der Waals surface area contributed by atoms with Crippen LogP contribution in [0.15, 0.2) is 137 Å². The van der Waals surface area contributed by atoms with Crippen LogP contribution in [0.3, 0.4) is 0 Å². The van der Waals surface area contributed by atoms with Crippen molar-refractivity contribution in [3.63, 3.8) is 0 Å². The molecule has 0 aliphatic heterocycles. The Hall–Kier alpha value is -5.22. The van der Waals surface area contributed by atoms with E-state index in [1.807, 2.05) is 18.2 Å². The second-order valence-electron chi connectivity index (χ2n) is 13.2. The summed E-state index contributed by atoms with van der Waals surface area (Å²) >= 11 is 0. The number of aliphatic imine (C=N–C) groups is 2. The van der Waals surface area contributed by atoms with Crippen LogP contribution in [0, 0.1) is 18.8 Å². The largest absolute Gasteiger partial charge is 0.398 e. The molecule has 0 amide bonds. The standard InChI is InChI=1S/C44H44N4/c1-3-30-14-8-16-40(42(30)39-15-9-17-41(46)29(39)2)43(48-44(47-28-45)38-25-21-32-11-5-7-13-36(32)27-38)34-22-18-33(19-23-34)37-24-20-31-10-4-6-12-35(31)26-37/h3,5-6,9,11-12,15-28,31,35,43H,1,4,7-8,10,13-14,46H2,2H3,(H2,45,47,48). The zero-order valence-electron chi connectivity index (χ0n) is 27.8. The molecule has 4 N–H and O–H groups in total. The quantitative estimate of drug-likeness (QED) is 0.118. The summed E-state index contributed by atoms with van der Waals surface area (Å²) in [5.74, 6) is 1.70. The van der Waals surface area contributed by atoms with Gasteiger partial charge in [-0.25, -0.2) is 4.99 Å². The van der Waals surface area contributed by atoms with Gasteiger partial charge in [0.1, 0.15) is 6.04 Å². The van der Waals surface area contributed by atoms with Crippen molar-refractivity contribution in [2.45, 2.75) is 51.5 Å². The van der Waals surface area contributed by atoms with E-state index in [0.717, 1.165) is 64.8 Å². The first-order valence-electron chi connectivity index (χ1n) is 17.2. The van der Waals surface area contributed by atoms with E-state index in [0.29, 0.717) is 17.7 Å². The molecule has 4 heteroatoms. The van der Waals surface area contributed by atoms with E-state index in [9.17, 15) is 0 Å². The molecular weight excluding hydrogens is 585 g/mol. The second kappa shape index (κ2) is 13.9. The average molecular weight is 629 g/mol. The van der Waals surface area contributed by atoms with Gasteiger partial charge in [0.05, 0.1) is 6.34 Å². The minimum atomic E-state index is -0.332. The summed E-state index contributed by atoms with van der Waals surface area (Å²) < 4.78 is 0. The lowest BCUT2D eigenvalue weighted by Gasteiger charge is -2.28. The molecule has 3 aromatic rings. The zero-order chi connectivity index (χ0) is 33.0. The third-order valence-electron chi connectivity index (χ3n) is 10.3. The van der Waals surface area contributed by atoms with Gasteiger partial charge >= 0.3 is 0 Å². The summed E-state index contributed by atoms with van der Waals surface area (Å²) in [5, 5.41) is 0. The number of aryl methyl sites for hydroxylation is 1. The molecule has 7 rings (SSSR count). The molecule has 0 fully saturated rings. The van der Waals surface area contributed by atoms with Crippen molar-refractivity contribution in [1.29, 1.82) is 0 Å². The molecule has 0 radical (unpaired) electrons. The molecule has 240 valence electrons. The highest BCUT2D eigenvalue weighted by Gasteiger charge is 2.28. The van der Waals surface area contributed by atoms with E-state index >= 15 is 0 Å². The Labute approximate surface area is 285 Å². The molecule has 0 saturated carbocycles. The molecule has 0 spiro atoms. The Morgan fingerprint density at radius 2 is 1.83 bits per heavy atom. The normalized spacial score (nSPS) is 21.1. The van der Waals surface area contributed by atoms with Crippen molar-refractivity contribution in [1.82, 2.24) is 0 Å². The molecule has 0 heterocycles. The summed E-state index contributed by atoms with van der Waals surface area (Å²) in [6.07, 6.45) is 28.2. The zero-order valence-corrected chi connectivity index (χ0v) is 27.8. The van der Waals surface area contributed by atoms with Gasteiger partial charge in [0, 0.05) is 17.2 Å². The number of fused-ring (bicyclic) bond motifs is 2. The lowest BCUT2D eigenvalue weighted by atomic mass is 9.78. The van der Waals surface area contributed by atoms with Crippen molar-refractivity contribution in [3.8, 4) is 0 Å². The molecule has 48 heavy (non-hydrogen) atoms. The lowest BCUT2D eigenvalue weighted by molar-refractivity contribution is 0.493. The maximum absolute atomic E-state index is 6.48. The maximum atomic E-state index is 6.48. The van der Waals surface area contributed by atoms with Crippen LogP contribution >= 0.6 is 0 Å². The molecule has 4 aliphatic carbocycles. The van der Waals surface area contributed by atoms with Crippen LogP contribution in [-0.2, 0) is 6.42 Å². The summed E-state index contributed by atoms with van der Waals surface area (Å²) in [6.45, 7) is 6.33. The highest BCUT2D eigenvalue weighted by Crippen LogP contribution is 2.44. The number of anilines is 1. The van der Waals surface area contributed by atoms with Crippen LogP contribution < -0.4 is 11.5 Å². The third-order valence-corrected chi connectivity index (χ3v) is 10.3. The van der Waals surface area contributed by atoms with Crippen molar-refractivity contribution in [2.75, 3.05) is 5.73 Å². The number of hydrogen-bond acceptors (Lipinski definition) is 2. The van der Waals surface area contributed by atoms with E-state index in [2.05, 4.69) is 116 Å². The predicted octanol–water partition coefficient (Wildman–Crippen LogP) is 9.91. The monoisotopic (exact) mass is 628 g/mol. The molecule has 0 saturated heterocycles. The predicted molar refractivity (Wildman–Crippen MR) is 205 cm³/mol. The first-order chi connectivity index (χ1) is 23.5.